The van der Waals surface area contributed by atoms with Crippen molar-refractivity contribution in [3.8, 4) is 0 Å². The van der Waals surface area contributed by atoms with Crippen molar-refractivity contribution in [1.82, 2.24) is 0 Å². The first-order valence-corrected chi connectivity index (χ1v) is 13.3. The number of alkyl halides is 2. The Bertz CT molecular complexity index is 702. The van der Waals surface area contributed by atoms with Gasteiger partial charge in [-0.15, -0.1) is 0 Å². The maximum absolute atomic E-state index is 2.68. The van der Waals surface area contributed by atoms with E-state index < -0.39 is 0 Å². The van der Waals surface area contributed by atoms with Crippen LogP contribution in [0.1, 0.15) is 48.9 Å². The van der Waals surface area contributed by atoms with Crippen LogP contribution in [0.25, 0.3) is 10.8 Å². The van der Waals surface area contributed by atoms with E-state index in [0.717, 1.165) is 7.85 Å². The highest BCUT2D eigenvalue weighted by atomic mass is 127. The molecule has 0 spiro atoms. The van der Waals surface area contributed by atoms with E-state index in [1.165, 1.54) is 45.7 Å². The maximum Gasteiger partial charge on any atom is 0.0271 e. The third-order valence-electron chi connectivity index (χ3n) is 4.99. The summed E-state index contributed by atoms with van der Waals surface area (Å²) in [5.41, 5.74) is 6.72. The number of halogens is 4. The van der Waals surface area contributed by atoms with Gasteiger partial charge in [-0.2, -0.15) is 0 Å². The number of hydrogen-bond acceptors (Lipinski definition) is 0. The molecular formula is C20H22I4. The molecule has 2 aromatic carbocycles. The quantitative estimate of drug-likeness (QED) is 0.222. The number of fused-ring (bicyclic) bond motifs is 2. The molecule has 0 aromatic heterocycles. The van der Waals surface area contributed by atoms with E-state index in [2.05, 4.69) is 116 Å². The van der Waals surface area contributed by atoms with E-state index in [4.69, 9.17) is 0 Å². The van der Waals surface area contributed by atoms with Crippen molar-refractivity contribution in [2.75, 3.05) is 0 Å². The van der Waals surface area contributed by atoms with Crippen LogP contribution < -0.4 is 0 Å². The van der Waals surface area contributed by atoms with Gasteiger partial charge in [0.05, 0.1) is 0 Å². The van der Waals surface area contributed by atoms with Crippen molar-refractivity contribution in [3.05, 3.63) is 41.5 Å². The Balaban J connectivity index is 2.38. The lowest BCUT2D eigenvalue weighted by Gasteiger charge is -2.31. The second-order valence-corrected chi connectivity index (χ2v) is 12.2. The summed E-state index contributed by atoms with van der Waals surface area (Å²) >= 11 is 10.4. The summed E-state index contributed by atoms with van der Waals surface area (Å²) in [5.74, 6) is 0. The van der Waals surface area contributed by atoms with Gasteiger partial charge in [0.2, 0.25) is 0 Å². The predicted octanol–water partition coefficient (Wildman–Crippen LogP) is 7.66. The van der Waals surface area contributed by atoms with E-state index in [9.17, 15) is 0 Å². The molecule has 4 heteroatoms. The molecule has 24 heavy (non-hydrogen) atoms. The Morgan fingerprint density at radius 3 is 1.50 bits per heavy atom. The van der Waals surface area contributed by atoms with Gasteiger partial charge in [0.15, 0.2) is 0 Å². The first-order chi connectivity index (χ1) is 11.5. The predicted molar refractivity (Wildman–Crippen MR) is 140 cm³/mol. The zero-order valence-corrected chi connectivity index (χ0v) is 22.7. The molecule has 3 rings (SSSR count). The minimum Gasteiger partial charge on any atom is -0.0811 e. The monoisotopic (exact) mass is 770 g/mol. The van der Waals surface area contributed by atoms with Gasteiger partial charge in [-0.05, 0) is 116 Å². The molecule has 0 N–H and O–H groups in total. The number of hydrogen-bond donors (Lipinski definition) is 0. The zero-order valence-electron chi connectivity index (χ0n) is 14.1. The van der Waals surface area contributed by atoms with Crippen molar-refractivity contribution in [2.45, 2.75) is 60.2 Å². The summed E-state index contributed by atoms with van der Waals surface area (Å²) < 4.78 is 4.32. The van der Waals surface area contributed by atoms with E-state index in [1.807, 2.05) is 0 Å². The normalized spacial score (nSPS) is 20.4. The van der Waals surface area contributed by atoms with E-state index in [1.54, 1.807) is 33.0 Å². The molecule has 0 saturated carbocycles. The highest BCUT2D eigenvalue weighted by Crippen LogP contribution is 2.41. The second kappa shape index (κ2) is 8.75. The molecule has 130 valence electrons. The molecule has 0 aliphatic heterocycles. The Hall–Kier alpha value is 1.62. The lowest BCUT2D eigenvalue weighted by atomic mass is 9.79. The van der Waals surface area contributed by atoms with Crippen molar-refractivity contribution >= 4 is 101 Å². The van der Waals surface area contributed by atoms with Crippen LogP contribution in [-0.4, -0.2) is 7.85 Å². The number of benzene rings is 2. The largest absolute Gasteiger partial charge is 0.0811 e. The smallest absolute Gasteiger partial charge is 0.0271 e. The standard InChI is InChI=1S/C20H22I4/c1-3-5-11-13-7-17(21)19(23)9-15(13)12(6-4-2)16-10-20(24)18(22)8-14(11)16/h7,9,18,20H,3-6,8,10H2,1-2H3. The molecule has 0 saturated heterocycles. The van der Waals surface area contributed by atoms with Gasteiger partial charge in [0.1, 0.15) is 0 Å². The SMILES string of the molecule is CCCc1c2c(c(CCC)c3cc(I)c(I)cc13)CC(I)C(I)C2. The molecule has 0 heterocycles. The third kappa shape index (κ3) is 3.91. The van der Waals surface area contributed by atoms with Crippen LogP contribution in [-0.2, 0) is 25.7 Å². The summed E-state index contributed by atoms with van der Waals surface area (Å²) in [4.78, 5) is 0. The number of aryl methyl sites for hydroxylation is 2. The van der Waals surface area contributed by atoms with E-state index in [-0.39, 0.29) is 0 Å². The molecule has 0 radical (unpaired) electrons. The zero-order chi connectivity index (χ0) is 17.4. The number of rotatable bonds is 4. The minimum atomic E-state index is 0.765. The highest BCUT2D eigenvalue weighted by Gasteiger charge is 2.29. The van der Waals surface area contributed by atoms with Gasteiger partial charge in [0.25, 0.3) is 0 Å². The average molecular weight is 770 g/mol. The van der Waals surface area contributed by atoms with Crippen LogP contribution in [0.15, 0.2) is 12.1 Å². The van der Waals surface area contributed by atoms with Crippen molar-refractivity contribution in [3.63, 3.8) is 0 Å². The summed E-state index contributed by atoms with van der Waals surface area (Å²) in [6.45, 7) is 4.64. The van der Waals surface area contributed by atoms with Crippen molar-refractivity contribution < 1.29 is 0 Å². The van der Waals surface area contributed by atoms with E-state index in [0.29, 0.717) is 0 Å². The van der Waals surface area contributed by atoms with Crippen LogP contribution in [0.4, 0.5) is 0 Å². The van der Waals surface area contributed by atoms with Crippen LogP contribution in [0.3, 0.4) is 0 Å². The Morgan fingerprint density at radius 2 is 1.17 bits per heavy atom. The maximum atomic E-state index is 2.68. The lowest BCUT2D eigenvalue weighted by Crippen LogP contribution is -2.28. The topological polar surface area (TPSA) is 0 Å². The van der Waals surface area contributed by atoms with Gasteiger partial charge >= 0.3 is 0 Å². The van der Waals surface area contributed by atoms with Crippen LogP contribution >= 0.6 is 90.4 Å². The molecule has 0 nitrogen and oxygen atoms in total. The van der Waals surface area contributed by atoms with Gasteiger partial charge < -0.3 is 0 Å². The third-order valence-corrected chi connectivity index (χ3v) is 11.8. The highest BCUT2D eigenvalue weighted by molar-refractivity contribution is 14.1. The molecule has 0 bridgehead atoms. The minimum absolute atomic E-state index is 0.765. The lowest BCUT2D eigenvalue weighted by molar-refractivity contribution is 0.735. The molecule has 0 fully saturated rings. The van der Waals surface area contributed by atoms with Crippen LogP contribution in [0.2, 0.25) is 0 Å². The molecule has 1 aliphatic rings. The molecule has 2 aromatic rings. The Kier molecular flexibility index (Phi) is 7.42. The molecular weight excluding hydrogens is 748 g/mol. The summed E-state index contributed by atoms with van der Waals surface area (Å²) in [5, 5.41) is 3.08. The second-order valence-electron chi connectivity index (χ2n) is 6.67. The van der Waals surface area contributed by atoms with Gasteiger partial charge in [-0.25, -0.2) is 0 Å². The van der Waals surface area contributed by atoms with Crippen LogP contribution in [0, 0.1) is 7.14 Å². The van der Waals surface area contributed by atoms with Crippen molar-refractivity contribution in [2.24, 2.45) is 0 Å². The average Bonchev–Trinajstić information content (AvgIpc) is 2.54. The Labute approximate surface area is 200 Å². The van der Waals surface area contributed by atoms with Gasteiger partial charge in [-0.3, -0.25) is 0 Å². The van der Waals surface area contributed by atoms with Gasteiger partial charge in [-0.1, -0.05) is 71.9 Å². The summed E-state index contributed by atoms with van der Waals surface area (Å²) in [7, 11) is 0. The summed E-state index contributed by atoms with van der Waals surface area (Å²) in [6.07, 6.45) is 7.42. The fourth-order valence-electron chi connectivity index (χ4n) is 3.95. The van der Waals surface area contributed by atoms with Crippen molar-refractivity contribution in [1.29, 1.82) is 0 Å². The van der Waals surface area contributed by atoms with E-state index >= 15 is 0 Å². The fraction of sp³-hybridized carbons (Fsp3) is 0.500. The van der Waals surface area contributed by atoms with Crippen LogP contribution in [0.5, 0.6) is 0 Å². The molecule has 2 atom stereocenters. The molecule has 2 unspecified atom stereocenters. The Morgan fingerprint density at radius 1 is 0.792 bits per heavy atom. The fourth-order valence-corrected chi connectivity index (χ4v) is 6.27. The first-order valence-electron chi connectivity index (χ1n) is 8.70. The molecule has 1 aliphatic carbocycles. The van der Waals surface area contributed by atoms with Gasteiger partial charge in [0, 0.05) is 15.0 Å². The summed E-state index contributed by atoms with van der Waals surface area (Å²) in [6, 6.07) is 4.92. The first kappa shape index (κ1) is 20.4. The molecule has 0 amide bonds.